The molecule has 3 rings (SSSR count). The summed E-state index contributed by atoms with van der Waals surface area (Å²) < 4.78 is 0. The second-order valence-electron chi connectivity index (χ2n) is 5.68. The maximum absolute atomic E-state index is 12.4. The van der Waals surface area contributed by atoms with Crippen molar-refractivity contribution >= 4 is 23.5 Å². The highest BCUT2D eigenvalue weighted by Gasteiger charge is 2.51. The van der Waals surface area contributed by atoms with Crippen LogP contribution in [0.2, 0.25) is 5.02 Å². The number of carboxylic acid groups (broad SMARTS) is 1. The molecule has 4 atom stereocenters. The van der Waals surface area contributed by atoms with Crippen LogP contribution in [0.15, 0.2) is 36.4 Å². The fraction of sp³-hybridized carbons (Fsp3) is 0.375. The molecule has 2 N–H and O–H groups in total. The van der Waals surface area contributed by atoms with Crippen molar-refractivity contribution < 1.29 is 14.7 Å². The lowest BCUT2D eigenvalue weighted by atomic mass is 9.82. The number of hydrogen-bond donors (Lipinski definition) is 2. The minimum Gasteiger partial charge on any atom is -0.481 e. The third kappa shape index (κ3) is 2.68. The van der Waals surface area contributed by atoms with Gasteiger partial charge in [0.05, 0.1) is 11.8 Å². The third-order valence-electron chi connectivity index (χ3n) is 4.43. The molecule has 1 aromatic rings. The Labute approximate surface area is 127 Å². The number of hydrogen-bond acceptors (Lipinski definition) is 2. The van der Waals surface area contributed by atoms with Crippen LogP contribution in [0, 0.1) is 23.7 Å². The molecule has 1 fully saturated rings. The van der Waals surface area contributed by atoms with Crippen molar-refractivity contribution in [3.05, 3.63) is 47.0 Å². The van der Waals surface area contributed by atoms with Crippen LogP contribution in [0.3, 0.4) is 0 Å². The number of rotatable bonds is 4. The van der Waals surface area contributed by atoms with E-state index in [1.807, 2.05) is 24.3 Å². The maximum atomic E-state index is 12.4. The summed E-state index contributed by atoms with van der Waals surface area (Å²) in [5, 5.41) is 12.8. The zero-order chi connectivity index (χ0) is 15.0. The van der Waals surface area contributed by atoms with Gasteiger partial charge in [0.2, 0.25) is 5.91 Å². The van der Waals surface area contributed by atoms with Crippen molar-refractivity contribution in [2.24, 2.45) is 23.7 Å². The number of benzene rings is 1. The summed E-state index contributed by atoms with van der Waals surface area (Å²) in [4.78, 5) is 23.7. The molecule has 0 unspecified atom stereocenters. The lowest BCUT2D eigenvalue weighted by Crippen LogP contribution is -2.39. The van der Waals surface area contributed by atoms with Gasteiger partial charge < -0.3 is 10.4 Å². The van der Waals surface area contributed by atoms with Gasteiger partial charge in [-0.1, -0.05) is 35.9 Å². The molecule has 0 saturated heterocycles. The molecule has 2 bridgehead atoms. The van der Waals surface area contributed by atoms with Crippen LogP contribution >= 0.6 is 11.6 Å². The van der Waals surface area contributed by atoms with E-state index in [9.17, 15) is 14.7 Å². The molecule has 0 aromatic heterocycles. The van der Waals surface area contributed by atoms with Gasteiger partial charge in [0, 0.05) is 11.6 Å². The number of carboxylic acids is 1. The van der Waals surface area contributed by atoms with Crippen LogP contribution < -0.4 is 5.32 Å². The van der Waals surface area contributed by atoms with Gasteiger partial charge in [-0.2, -0.15) is 0 Å². The number of carbonyl (C=O) groups excluding carboxylic acids is 1. The van der Waals surface area contributed by atoms with Crippen molar-refractivity contribution in [3.8, 4) is 0 Å². The molecule has 0 radical (unpaired) electrons. The lowest BCUT2D eigenvalue weighted by molar-refractivity contribution is -0.147. The average molecular weight is 306 g/mol. The van der Waals surface area contributed by atoms with E-state index in [1.54, 1.807) is 12.1 Å². The summed E-state index contributed by atoms with van der Waals surface area (Å²) in [6.45, 7) is 0.389. The summed E-state index contributed by atoms with van der Waals surface area (Å²) in [5.74, 6) is -2.04. The Bertz CT molecular complexity index is 596. The summed E-state index contributed by atoms with van der Waals surface area (Å²) in [6.07, 6.45) is 4.69. The number of allylic oxidation sites excluding steroid dienone is 2. The first-order chi connectivity index (χ1) is 10.1. The molecule has 110 valence electrons. The highest BCUT2D eigenvalue weighted by Crippen LogP contribution is 2.48. The van der Waals surface area contributed by atoms with E-state index >= 15 is 0 Å². The van der Waals surface area contributed by atoms with E-state index < -0.39 is 17.8 Å². The third-order valence-corrected chi connectivity index (χ3v) is 4.68. The molecule has 2 aliphatic rings. The summed E-state index contributed by atoms with van der Waals surface area (Å²) >= 11 is 5.81. The van der Waals surface area contributed by atoms with E-state index in [1.165, 1.54) is 0 Å². The van der Waals surface area contributed by atoms with Gasteiger partial charge in [-0.3, -0.25) is 9.59 Å². The first-order valence-electron chi connectivity index (χ1n) is 6.99. The summed E-state index contributed by atoms with van der Waals surface area (Å²) in [5.41, 5.74) is 0.943. The second-order valence-corrected chi connectivity index (χ2v) is 6.12. The maximum Gasteiger partial charge on any atom is 0.307 e. The van der Waals surface area contributed by atoms with Crippen molar-refractivity contribution in [1.29, 1.82) is 0 Å². The van der Waals surface area contributed by atoms with Crippen LogP contribution in [-0.2, 0) is 16.1 Å². The van der Waals surface area contributed by atoms with Gasteiger partial charge in [0.15, 0.2) is 0 Å². The van der Waals surface area contributed by atoms with E-state index in [2.05, 4.69) is 5.32 Å². The second kappa shape index (κ2) is 5.53. The van der Waals surface area contributed by atoms with Crippen molar-refractivity contribution in [1.82, 2.24) is 5.32 Å². The zero-order valence-corrected chi connectivity index (χ0v) is 12.1. The number of carbonyl (C=O) groups is 2. The number of nitrogens with one attached hydrogen (secondary N) is 1. The van der Waals surface area contributed by atoms with Crippen molar-refractivity contribution in [3.63, 3.8) is 0 Å². The Morgan fingerprint density at radius 2 is 1.76 bits per heavy atom. The highest BCUT2D eigenvalue weighted by molar-refractivity contribution is 6.30. The smallest absolute Gasteiger partial charge is 0.307 e. The molecular weight excluding hydrogens is 290 g/mol. The molecule has 4 nitrogen and oxygen atoms in total. The van der Waals surface area contributed by atoms with Crippen LogP contribution in [0.25, 0.3) is 0 Å². The van der Waals surface area contributed by atoms with Crippen LogP contribution in [-0.4, -0.2) is 17.0 Å². The molecular formula is C16H16ClNO3. The fourth-order valence-corrected chi connectivity index (χ4v) is 3.55. The molecule has 0 aliphatic heterocycles. The lowest BCUT2D eigenvalue weighted by Gasteiger charge is -2.23. The largest absolute Gasteiger partial charge is 0.481 e. The standard InChI is InChI=1S/C16H16ClNO3/c17-12-5-1-9(2-6-12)8-18-15(19)13-10-3-4-11(7-10)14(13)16(20)21/h1-6,10-11,13-14H,7-8H2,(H,18,19)(H,20,21)/t10-,11+,13+,14+/m1/s1. The van der Waals surface area contributed by atoms with Gasteiger partial charge in [-0.25, -0.2) is 0 Å². The zero-order valence-electron chi connectivity index (χ0n) is 11.3. The van der Waals surface area contributed by atoms with Gasteiger partial charge >= 0.3 is 5.97 Å². The first-order valence-corrected chi connectivity index (χ1v) is 7.37. The number of amides is 1. The van der Waals surface area contributed by atoms with Crippen LogP contribution in [0.1, 0.15) is 12.0 Å². The van der Waals surface area contributed by atoms with Crippen LogP contribution in [0.4, 0.5) is 0 Å². The van der Waals surface area contributed by atoms with E-state index in [0.717, 1.165) is 12.0 Å². The highest BCUT2D eigenvalue weighted by atomic mass is 35.5. The Kier molecular flexibility index (Phi) is 3.72. The molecule has 0 heterocycles. The van der Waals surface area contributed by atoms with Crippen LogP contribution in [0.5, 0.6) is 0 Å². The topological polar surface area (TPSA) is 66.4 Å². The normalized spacial score (nSPS) is 29.6. The number of halogens is 1. The molecule has 2 aliphatic carbocycles. The average Bonchev–Trinajstić information content (AvgIpc) is 3.06. The van der Waals surface area contributed by atoms with Crippen molar-refractivity contribution in [2.45, 2.75) is 13.0 Å². The monoisotopic (exact) mass is 305 g/mol. The summed E-state index contributed by atoms with van der Waals surface area (Å²) in [6, 6.07) is 7.22. The minimum atomic E-state index is -0.876. The Hall–Kier alpha value is -1.81. The summed E-state index contributed by atoms with van der Waals surface area (Å²) in [7, 11) is 0. The number of fused-ring (bicyclic) bond motifs is 2. The van der Waals surface area contributed by atoms with E-state index in [0.29, 0.717) is 11.6 Å². The Balaban J connectivity index is 1.66. The first kappa shape index (κ1) is 14.1. The van der Waals surface area contributed by atoms with E-state index in [-0.39, 0.29) is 17.7 Å². The fourth-order valence-electron chi connectivity index (χ4n) is 3.43. The molecule has 1 aromatic carbocycles. The predicted molar refractivity (Wildman–Crippen MR) is 78.7 cm³/mol. The Morgan fingerprint density at radius 1 is 1.14 bits per heavy atom. The quantitative estimate of drug-likeness (QED) is 0.840. The number of aliphatic carboxylic acids is 1. The van der Waals surface area contributed by atoms with Gasteiger partial charge in [-0.15, -0.1) is 0 Å². The molecule has 1 saturated carbocycles. The Morgan fingerprint density at radius 3 is 2.38 bits per heavy atom. The molecule has 1 amide bonds. The SMILES string of the molecule is O=C(NCc1ccc(Cl)cc1)[C@@H]1[C@@H](C(=O)O)[C@H]2C=C[C@@H]1C2. The van der Waals surface area contributed by atoms with Gasteiger partial charge in [-0.05, 0) is 36.0 Å². The van der Waals surface area contributed by atoms with Gasteiger partial charge in [0.25, 0.3) is 0 Å². The molecule has 0 spiro atoms. The minimum absolute atomic E-state index is 0.00113. The van der Waals surface area contributed by atoms with E-state index in [4.69, 9.17) is 11.6 Å². The molecule has 21 heavy (non-hydrogen) atoms. The molecule has 5 heteroatoms. The van der Waals surface area contributed by atoms with Gasteiger partial charge in [0.1, 0.15) is 0 Å². The van der Waals surface area contributed by atoms with Crippen molar-refractivity contribution in [2.75, 3.05) is 0 Å². The predicted octanol–water partition coefficient (Wildman–Crippen LogP) is 2.48.